The Kier molecular flexibility index (Phi) is 8.28. The molecular weight excluding hydrogens is 540 g/mol. The maximum Gasteiger partial charge on any atom is 0.408 e. The number of amides is 1. The lowest BCUT2D eigenvalue weighted by Crippen LogP contribution is -2.44. The highest BCUT2D eigenvalue weighted by Crippen LogP contribution is 2.44. The van der Waals surface area contributed by atoms with E-state index in [0.29, 0.717) is 29.1 Å². The summed E-state index contributed by atoms with van der Waals surface area (Å²) in [6.07, 6.45) is -0.478. The van der Waals surface area contributed by atoms with E-state index in [4.69, 9.17) is 41.0 Å². The molecule has 0 bridgehead atoms. The van der Waals surface area contributed by atoms with Crippen LogP contribution < -0.4 is 11.1 Å². The van der Waals surface area contributed by atoms with Gasteiger partial charge in [0, 0.05) is 5.75 Å². The number of alkyl carbamates (subject to hydrolysis) is 1. The Morgan fingerprint density at radius 2 is 2.00 bits per heavy atom. The fourth-order valence-electron chi connectivity index (χ4n) is 4.36. The molecule has 5 atom stereocenters. The van der Waals surface area contributed by atoms with Gasteiger partial charge in [0.1, 0.15) is 29.4 Å². The van der Waals surface area contributed by atoms with Crippen LogP contribution in [0.3, 0.4) is 0 Å². The number of thioether (sulfide) groups is 1. The molecule has 2 aromatic heterocycles. The SMILES string of the molecule is COC(=O)C(CCSCC1OC(n2cnc3c(N)nc(Cl)nc32)C2OC(C)(C)OC12)NC(=O)OC(C)(C)C. The smallest absolute Gasteiger partial charge is 0.408 e. The van der Waals surface area contributed by atoms with E-state index in [2.05, 4.69) is 20.3 Å². The molecule has 2 aliphatic rings. The average molecular weight is 573 g/mol. The number of nitrogens with zero attached hydrogens (tertiary/aromatic N) is 4. The molecule has 0 radical (unpaired) electrons. The van der Waals surface area contributed by atoms with Crippen LogP contribution in [0.5, 0.6) is 0 Å². The number of hydrogen-bond acceptors (Lipinski definition) is 12. The number of nitrogen functional groups attached to an aromatic ring is 1. The van der Waals surface area contributed by atoms with Gasteiger partial charge >= 0.3 is 12.1 Å². The molecule has 210 valence electrons. The second-order valence-electron chi connectivity index (χ2n) is 10.4. The minimum Gasteiger partial charge on any atom is -0.467 e. The lowest BCUT2D eigenvalue weighted by Gasteiger charge is -2.25. The predicted octanol–water partition coefficient (Wildman–Crippen LogP) is 2.67. The molecule has 1 amide bonds. The molecule has 13 nitrogen and oxygen atoms in total. The molecule has 2 saturated heterocycles. The first-order chi connectivity index (χ1) is 17.8. The number of halogens is 1. The van der Waals surface area contributed by atoms with Crippen LogP contribution in [0.15, 0.2) is 6.33 Å². The van der Waals surface area contributed by atoms with Crippen molar-refractivity contribution in [1.29, 1.82) is 0 Å². The summed E-state index contributed by atoms with van der Waals surface area (Å²) >= 11 is 7.59. The van der Waals surface area contributed by atoms with Crippen LogP contribution in [-0.4, -0.2) is 85.9 Å². The van der Waals surface area contributed by atoms with Gasteiger partial charge in [-0.2, -0.15) is 21.7 Å². The Morgan fingerprint density at radius 3 is 2.68 bits per heavy atom. The summed E-state index contributed by atoms with van der Waals surface area (Å²) < 4.78 is 30.6. The normalized spacial score (nSPS) is 25.2. The fourth-order valence-corrected chi connectivity index (χ4v) is 5.60. The van der Waals surface area contributed by atoms with E-state index < -0.39 is 41.8 Å². The summed E-state index contributed by atoms with van der Waals surface area (Å²) in [5.41, 5.74) is 6.12. The number of nitrogens with one attached hydrogen (secondary N) is 1. The van der Waals surface area contributed by atoms with Gasteiger partial charge in [0.2, 0.25) is 5.28 Å². The third-order valence-electron chi connectivity index (χ3n) is 5.83. The van der Waals surface area contributed by atoms with Crippen LogP contribution in [0, 0.1) is 0 Å². The maximum atomic E-state index is 12.2. The quantitative estimate of drug-likeness (QED) is 0.270. The monoisotopic (exact) mass is 572 g/mol. The van der Waals surface area contributed by atoms with Gasteiger partial charge < -0.3 is 34.7 Å². The second kappa shape index (κ2) is 11.0. The summed E-state index contributed by atoms with van der Waals surface area (Å²) in [7, 11) is 1.27. The molecule has 2 aromatic rings. The van der Waals surface area contributed by atoms with Gasteiger partial charge in [-0.15, -0.1) is 0 Å². The average Bonchev–Trinajstić information content (AvgIpc) is 3.45. The minimum absolute atomic E-state index is 0.00229. The number of aromatic nitrogens is 4. The minimum atomic E-state index is -0.843. The van der Waals surface area contributed by atoms with E-state index in [0.717, 1.165) is 0 Å². The number of anilines is 1. The van der Waals surface area contributed by atoms with Crippen LogP contribution in [0.25, 0.3) is 11.2 Å². The molecule has 4 rings (SSSR count). The number of carbonyl (C=O) groups excluding carboxylic acids is 2. The first kappa shape index (κ1) is 28.6. The van der Waals surface area contributed by atoms with Gasteiger partial charge in [-0.1, -0.05) is 0 Å². The Labute approximate surface area is 229 Å². The first-order valence-corrected chi connectivity index (χ1v) is 13.6. The van der Waals surface area contributed by atoms with Crippen molar-refractivity contribution in [2.24, 2.45) is 0 Å². The van der Waals surface area contributed by atoms with Gasteiger partial charge in [0.25, 0.3) is 0 Å². The van der Waals surface area contributed by atoms with E-state index in [9.17, 15) is 9.59 Å². The molecule has 0 saturated carbocycles. The van der Waals surface area contributed by atoms with Gasteiger partial charge in [-0.05, 0) is 58.4 Å². The number of carbonyl (C=O) groups is 2. The number of hydrogen-bond donors (Lipinski definition) is 2. The fraction of sp³-hybridized carbons (Fsp3) is 0.696. The molecule has 0 aromatic carbocycles. The van der Waals surface area contributed by atoms with Crippen molar-refractivity contribution >= 4 is 52.4 Å². The molecule has 2 fully saturated rings. The maximum absolute atomic E-state index is 12.2. The van der Waals surface area contributed by atoms with Gasteiger partial charge in [0.05, 0.1) is 19.5 Å². The number of methoxy groups -OCH3 is 1. The third kappa shape index (κ3) is 6.42. The van der Waals surface area contributed by atoms with Crippen molar-refractivity contribution in [2.45, 2.75) is 83.0 Å². The van der Waals surface area contributed by atoms with Crippen LogP contribution in [0.1, 0.15) is 47.3 Å². The zero-order chi connectivity index (χ0) is 27.8. The first-order valence-electron chi connectivity index (χ1n) is 12.1. The van der Waals surface area contributed by atoms with E-state index >= 15 is 0 Å². The molecule has 3 N–H and O–H groups in total. The summed E-state index contributed by atoms with van der Waals surface area (Å²) in [5, 5.41) is 2.59. The van der Waals surface area contributed by atoms with Crippen LogP contribution in [-0.2, 0) is 28.5 Å². The number of esters is 1. The highest BCUT2D eigenvalue weighted by atomic mass is 35.5. The zero-order valence-electron chi connectivity index (χ0n) is 22.1. The van der Waals surface area contributed by atoms with Crippen LogP contribution >= 0.6 is 23.4 Å². The summed E-state index contributed by atoms with van der Waals surface area (Å²) in [5.74, 6) is -0.105. The molecule has 4 heterocycles. The van der Waals surface area contributed by atoms with Crippen LogP contribution in [0.2, 0.25) is 5.28 Å². The van der Waals surface area contributed by atoms with E-state index in [1.54, 1.807) is 43.4 Å². The number of nitrogens with two attached hydrogens (primary N) is 1. The highest BCUT2D eigenvalue weighted by Gasteiger charge is 2.56. The number of imidazole rings is 1. The molecule has 0 spiro atoms. The molecule has 15 heteroatoms. The molecule has 2 aliphatic heterocycles. The van der Waals surface area contributed by atoms with Crippen molar-refractivity contribution < 1.29 is 33.3 Å². The van der Waals surface area contributed by atoms with Crippen molar-refractivity contribution in [3.05, 3.63) is 11.6 Å². The Morgan fingerprint density at radius 1 is 1.29 bits per heavy atom. The topological polar surface area (TPSA) is 162 Å². The largest absolute Gasteiger partial charge is 0.467 e. The standard InChI is InChI=1S/C23H33ClN6O7S/c1-22(2,3)37-21(32)27-11(19(31)33-6)7-8-38-9-12-14-15(36-23(4,5)35-14)18(34-12)30-10-26-13-16(25)28-20(24)29-17(13)30/h10-12,14-15,18H,7-9H2,1-6H3,(H,27,32)(H2,25,28,29). The van der Waals surface area contributed by atoms with Gasteiger partial charge in [-0.3, -0.25) is 4.57 Å². The Hall–Kier alpha value is -2.39. The molecule has 38 heavy (non-hydrogen) atoms. The number of ether oxygens (including phenoxy) is 5. The van der Waals surface area contributed by atoms with Crippen molar-refractivity contribution in [3.8, 4) is 0 Å². The second-order valence-corrected chi connectivity index (χ2v) is 11.9. The van der Waals surface area contributed by atoms with E-state index in [-0.39, 0.29) is 23.3 Å². The van der Waals surface area contributed by atoms with E-state index in [1.165, 1.54) is 7.11 Å². The Bertz CT molecular complexity index is 1190. The van der Waals surface area contributed by atoms with E-state index in [1.807, 2.05) is 13.8 Å². The lowest BCUT2D eigenvalue weighted by molar-refractivity contribution is -0.193. The van der Waals surface area contributed by atoms with Crippen molar-refractivity contribution in [2.75, 3.05) is 24.3 Å². The zero-order valence-corrected chi connectivity index (χ0v) is 23.7. The number of rotatable bonds is 8. The number of fused-ring (bicyclic) bond motifs is 2. The molecule has 5 unspecified atom stereocenters. The highest BCUT2D eigenvalue weighted by molar-refractivity contribution is 7.99. The van der Waals surface area contributed by atoms with Gasteiger partial charge in [-0.25, -0.2) is 14.6 Å². The molecule has 0 aliphatic carbocycles. The molecular formula is C23H33ClN6O7S. The lowest BCUT2D eigenvalue weighted by atomic mass is 10.1. The third-order valence-corrected chi connectivity index (χ3v) is 7.09. The Balaban J connectivity index is 1.41. The van der Waals surface area contributed by atoms with Crippen molar-refractivity contribution in [3.63, 3.8) is 0 Å². The van der Waals surface area contributed by atoms with Crippen molar-refractivity contribution in [1.82, 2.24) is 24.8 Å². The summed E-state index contributed by atoms with van der Waals surface area (Å²) in [6, 6.07) is -0.843. The predicted molar refractivity (Wildman–Crippen MR) is 140 cm³/mol. The van der Waals surface area contributed by atoms with Gasteiger partial charge in [0.15, 0.2) is 23.5 Å². The summed E-state index contributed by atoms with van der Waals surface area (Å²) in [4.78, 5) is 37.0. The summed E-state index contributed by atoms with van der Waals surface area (Å²) in [6.45, 7) is 8.93. The van der Waals surface area contributed by atoms with Crippen LogP contribution in [0.4, 0.5) is 10.6 Å².